The number of aryl methyl sites for hydroxylation is 1. The molecule has 0 radical (unpaired) electrons. The Kier molecular flexibility index (Phi) is 5.97. The third kappa shape index (κ3) is 4.91. The maximum Gasteiger partial charge on any atom is 0.225 e. The van der Waals surface area contributed by atoms with Gasteiger partial charge in [-0.05, 0) is 36.8 Å². The van der Waals surface area contributed by atoms with E-state index >= 15 is 0 Å². The van der Waals surface area contributed by atoms with Crippen molar-refractivity contribution in [2.75, 3.05) is 13.7 Å². The molecular formula is C23H25N5O3. The van der Waals surface area contributed by atoms with Crippen molar-refractivity contribution >= 4 is 11.8 Å². The van der Waals surface area contributed by atoms with Crippen LogP contribution >= 0.6 is 0 Å². The summed E-state index contributed by atoms with van der Waals surface area (Å²) in [6.07, 6.45) is 0.227. The quantitative estimate of drug-likeness (QED) is 0.613. The Bertz CT molecular complexity index is 1060. The number of amides is 2. The molecular weight excluding hydrogens is 394 g/mol. The highest BCUT2D eigenvalue weighted by Gasteiger charge is 2.34. The second-order valence-electron chi connectivity index (χ2n) is 7.71. The summed E-state index contributed by atoms with van der Waals surface area (Å²) in [4.78, 5) is 31.1. The summed E-state index contributed by atoms with van der Waals surface area (Å²) in [6, 6.07) is 15.5. The maximum absolute atomic E-state index is 12.6. The summed E-state index contributed by atoms with van der Waals surface area (Å²) in [7, 11) is 1.61. The summed E-state index contributed by atoms with van der Waals surface area (Å²) in [5.41, 5.74) is 3.09. The molecule has 160 valence electrons. The van der Waals surface area contributed by atoms with Gasteiger partial charge in [0.25, 0.3) is 0 Å². The molecule has 1 aliphatic rings. The Morgan fingerprint density at radius 2 is 1.94 bits per heavy atom. The number of ether oxygens (including phenoxy) is 1. The first-order valence-corrected chi connectivity index (χ1v) is 10.2. The van der Waals surface area contributed by atoms with Crippen molar-refractivity contribution in [1.29, 1.82) is 0 Å². The van der Waals surface area contributed by atoms with E-state index in [4.69, 9.17) is 4.74 Å². The molecule has 8 heteroatoms. The summed E-state index contributed by atoms with van der Waals surface area (Å²) >= 11 is 0. The normalized spacial score (nSPS) is 15.9. The lowest BCUT2D eigenvalue weighted by Crippen LogP contribution is -2.32. The fourth-order valence-electron chi connectivity index (χ4n) is 3.57. The van der Waals surface area contributed by atoms with E-state index in [1.54, 1.807) is 12.0 Å². The number of nitrogens with one attached hydrogen (secondary N) is 2. The van der Waals surface area contributed by atoms with Crippen molar-refractivity contribution < 1.29 is 14.3 Å². The van der Waals surface area contributed by atoms with Gasteiger partial charge in [0.15, 0.2) is 5.82 Å². The molecule has 4 rings (SSSR count). The van der Waals surface area contributed by atoms with Gasteiger partial charge in [-0.15, -0.1) is 0 Å². The van der Waals surface area contributed by atoms with Crippen LogP contribution in [0, 0.1) is 12.8 Å². The number of carbonyl (C=O) groups excluding carboxylic acids is 2. The number of nitrogens with zero attached hydrogens (tertiary/aromatic N) is 3. The minimum absolute atomic E-state index is 0.00202. The van der Waals surface area contributed by atoms with E-state index in [-0.39, 0.29) is 30.7 Å². The Hall–Kier alpha value is -3.68. The fraction of sp³-hybridized carbons (Fsp3) is 0.304. The van der Waals surface area contributed by atoms with Crippen LogP contribution in [0.25, 0.3) is 11.4 Å². The van der Waals surface area contributed by atoms with Gasteiger partial charge in [-0.1, -0.05) is 29.8 Å². The van der Waals surface area contributed by atoms with E-state index in [1.165, 1.54) is 5.56 Å². The molecule has 1 fully saturated rings. The average molecular weight is 419 g/mol. The largest absolute Gasteiger partial charge is 0.497 e. The standard InChI is InChI=1S/C23H25N5O3/c1-15-3-5-16(6-4-15)13-28-14-18(11-21(28)29)23(30)24-12-20-25-22(27-26-20)17-7-9-19(31-2)10-8-17/h3-10,18H,11-14H2,1-2H3,(H,24,30)(H,25,26,27). The first kappa shape index (κ1) is 20.6. The minimum atomic E-state index is -0.359. The number of hydrogen-bond donors (Lipinski definition) is 2. The molecule has 0 spiro atoms. The summed E-state index contributed by atoms with van der Waals surface area (Å²) in [5, 5.41) is 9.92. The minimum Gasteiger partial charge on any atom is -0.497 e. The van der Waals surface area contributed by atoms with Gasteiger partial charge in [0.2, 0.25) is 11.8 Å². The zero-order chi connectivity index (χ0) is 21.8. The SMILES string of the molecule is COc1ccc(-c2n[nH]c(CNC(=O)C3CC(=O)N(Cc4ccc(C)cc4)C3)n2)cc1. The number of likely N-dealkylation sites (tertiary alicyclic amines) is 1. The van der Waals surface area contributed by atoms with E-state index in [9.17, 15) is 9.59 Å². The lowest BCUT2D eigenvalue weighted by atomic mass is 10.1. The van der Waals surface area contributed by atoms with Crippen LogP contribution < -0.4 is 10.1 Å². The lowest BCUT2D eigenvalue weighted by Gasteiger charge is -2.16. The van der Waals surface area contributed by atoms with Crippen molar-refractivity contribution in [3.63, 3.8) is 0 Å². The molecule has 2 aromatic carbocycles. The van der Waals surface area contributed by atoms with Gasteiger partial charge in [-0.3, -0.25) is 14.7 Å². The van der Waals surface area contributed by atoms with E-state index < -0.39 is 0 Å². The van der Waals surface area contributed by atoms with Crippen LogP contribution in [-0.2, 0) is 22.7 Å². The predicted octanol–water partition coefficient (Wildman–Crippen LogP) is 2.45. The van der Waals surface area contributed by atoms with Crippen molar-refractivity contribution in [2.24, 2.45) is 5.92 Å². The number of aromatic nitrogens is 3. The van der Waals surface area contributed by atoms with E-state index in [2.05, 4.69) is 20.5 Å². The van der Waals surface area contributed by atoms with Gasteiger partial charge in [0.1, 0.15) is 11.6 Å². The molecule has 3 aromatic rings. The van der Waals surface area contributed by atoms with Gasteiger partial charge in [-0.2, -0.15) is 5.10 Å². The van der Waals surface area contributed by atoms with Crippen molar-refractivity contribution in [2.45, 2.75) is 26.4 Å². The van der Waals surface area contributed by atoms with Crippen LogP contribution in [0.3, 0.4) is 0 Å². The van der Waals surface area contributed by atoms with Gasteiger partial charge in [0.05, 0.1) is 19.6 Å². The monoisotopic (exact) mass is 419 g/mol. The van der Waals surface area contributed by atoms with Gasteiger partial charge in [0, 0.05) is 25.1 Å². The van der Waals surface area contributed by atoms with Crippen LogP contribution in [0.15, 0.2) is 48.5 Å². The molecule has 1 aliphatic heterocycles. The fourth-order valence-corrected chi connectivity index (χ4v) is 3.57. The molecule has 1 unspecified atom stereocenters. The van der Waals surface area contributed by atoms with Gasteiger partial charge >= 0.3 is 0 Å². The number of aromatic amines is 1. The zero-order valence-corrected chi connectivity index (χ0v) is 17.6. The van der Waals surface area contributed by atoms with Crippen LogP contribution in [0.2, 0.25) is 0 Å². The highest BCUT2D eigenvalue weighted by atomic mass is 16.5. The first-order chi connectivity index (χ1) is 15.0. The maximum atomic E-state index is 12.6. The predicted molar refractivity (Wildman–Crippen MR) is 115 cm³/mol. The smallest absolute Gasteiger partial charge is 0.225 e. The topological polar surface area (TPSA) is 100 Å². The molecule has 1 saturated heterocycles. The molecule has 0 bridgehead atoms. The number of methoxy groups -OCH3 is 1. The molecule has 0 saturated carbocycles. The molecule has 2 heterocycles. The Morgan fingerprint density at radius 1 is 1.19 bits per heavy atom. The summed E-state index contributed by atoms with van der Waals surface area (Å²) < 4.78 is 5.15. The molecule has 31 heavy (non-hydrogen) atoms. The summed E-state index contributed by atoms with van der Waals surface area (Å²) in [5.74, 6) is 1.35. The summed E-state index contributed by atoms with van der Waals surface area (Å²) in [6.45, 7) is 3.20. The molecule has 1 aromatic heterocycles. The highest BCUT2D eigenvalue weighted by Crippen LogP contribution is 2.21. The lowest BCUT2D eigenvalue weighted by molar-refractivity contribution is -0.129. The third-order valence-corrected chi connectivity index (χ3v) is 5.39. The molecule has 1 atom stereocenters. The van der Waals surface area contributed by atoms with Gasteiger partial charge in [-0.25, -0.2) is 4.98 Å². The zero-order valence-electron chi connectivity index (χ0n) is 17.6. The average Bonchev–Trinajstić information content (AvgIpc) is 3.41. The number of carbonyl (C=O) groups is 2. The van der Waals surface area contributed by atoms with Crippen molar-refractivity contribution in [1.82, 2.24) is 25.4 Å². The molecule has 8 nitrogen and oxygen atoms in total. The first-order valence-electron chi connectivity index (χ1n) is 10.2. The van der Waals surface area contributed by atoms with Crippen LogP contribution in [0.4, 0.5) is 0 Å². The van der Waals surface area contributed by atoms with Gasteiger partial charge < -0.3 is 15.0 Å². The van der Waals surface area contributed by atoms with Crippen molar-refractivity contribution in [3.8, 4) is 17.1 Å². The third-order valence-electron chi connectivity index (χ3n) is 5.39. The van der Waals surface area contributed by atoms with E-state index in [1.807, 2.05) is 55.5 Å². The number of benzene rings is 2. The Morgan fingerprint density at radius 3 is 2.65 bits per heavy atom. The number of H-pyrrole nitrogens is 1. The molecule has 2 N–H and O–H groups in total. The highest BCUT2D eigenvalue weighted by molar-refractivity contribution is 5.89. The van der Waals surface area contributed by atoms with Crippen molar-refractivity contribution in [3.05, 3.63) is 65.5 Å². The van der Waals surface area contributed by atoms with E-state index in [0.29, 0.717) is 24.7 Å². The number of hydrogen-bond acceptors (Lipinski definition) is 5. The van der Waals surface area contributed by atoms with E-state index in [0.717, 1.165) is 16.9 Å². The van der Waals surface area contributed by atoms with Crippen LogP contribution in [-0.4, -0.2) is 45.6 Å². The van der Waals surface area contributed by atoms with Crippen LogP contribution in [0.5, 0.6) is 5.75 Å². The van der Waals surface area contributed by atoms with Crippen LogP contribution in [0.1, 0.15) is 23.4 Å². The number of rotatable bonds is 7. The Labute approximate surface area is 180 Å². The second-order valence-corrected chi connectivity index (χ2v) is 7.71. The Balaban J connectivity index is 1.30. The molecule has 2 amide bonds. The second kappa shape index (κ2) is 8.99. The molecule has 0 aliphatic carbocycles.